The van der Waals surface area contributed by atoms with Gasteiger partial charge in [-0.2, -0.15) is 5.26 Å². The summed E-state index contributed by atoms with van der Waals surface area (Å²) in [7, 11) is -3.57. The summed E-state index contributed by atoms with van der Waals surface area (Å²) >= 11 is 11.6. The summed E-state index contributed by atoms with van der Waals surface area (Å²) in [5.74, 6) is -0.857. The zero-order chi connectivity index (χ0) is 15.9. The van der Waals surface area contributed by atoms with Crippen LogP contribution < -0.4 is 0 Å². The Labute approximate surface area is 139 Å². The molecule has 1 aliphatic rings. The van der Waals surface area contributed by atoms with Crippen LogP contribution >= 0.6 is 23.2 Å². The third-order valence-electron chi connectivity index (χ3n) is 3.86. The number of nitriles is 1. The van der Waals surface area contributed by atoms with Crippen LogP contribution in [0.1, 0.15) is 11.5 Å². The first-order chi connectivity index (χ1) is 10.4. The predicted molar refractivity (Wildman–Crippen MR) is 85.7 cm³/mol. The van der Waals surface area contributed by atoms with E-state index in [1.54, 1.807) is 24.3 Å². The molecule has 1 saturated carbocycles. The van der Waals surface area contributed by atoms with Crippen LogP contribution in [0.15, 0.2) is 53.4 Å². The molecule has 0 aliphatic heterocycles. The molecule has 1 fully saturated rings. The van der Waals surface area contributed by atoms with Gasteiger partial charge < -0.3 is 0 Å². The van der Waals surface area contributed by atoms with Crippen molar-refractivity contribution in [1.29, 1.82) is 5.26 Å². The first-order valence-corrected chi connectivity index (χ1v) is 8.90. The van der Waals surface area contributed by atoms with Gasteiger partial charge >= 0.3 is 0 Å². The van der Waals surface area contributed by atoms with E-state index in [-0.39, 0.29) is 10.8 Å². The Bertz CT molecular complexity index is 839. The Morgan fingerprint density at radius 3 is 1.91 bits per heavy atom. The van der Waals surface area contributed by atoms with Crippen molar-refractivity contribution in [2.75, 3.05) is 0 Å². The van der Waals surface area contributed by atoms with Gasteiger partial charge in [0.25, 0.3) is 0 Å². The Hall–Kier alpha value is -1.54. The Morgan fingerprint density at radius 2 is 1.41 bits per heavy atom. The molecule has 3 rings (SSSR count). The van der Waals surface area contributed by atoms with Gasteiger partial charge in [0.05, 0.1) is 22.1 Å². The average molecular weight is 352 g/mol. The molecule has 0 N–H and O–H groups in total. The second kappa shape index (κ2) is 5.58. The second-order valence-corrected chi connectivity index (χ2v) is 8.17. The van der Waals surface area contributed by atoms with Gasteiger partial charge in [0.1, 0.15) is 0 Å². The van der Waals surface area contributed by atoms with Crippen LogP contribution in [0.5, 0.6) is 0 Å². The van der Waals surface area contributed by atoms with Crippen molar-refractivity contribution in [3.63, 3.8) is 0 Å². The van der Waals surface area contributed by atoms with Crippen LogP contribution in [-0.2, 0) is 9.84 Å². The summed E-state index contributed by atoms with van der Waals surface area (Å²) in [5, 5.41) is 9.58. The molecule has 112 valence electrons. The molecule has 2 aromatic rings. The summed E-state index contributed by atoms with van der Waals surface area (Å²) in [6.07, 6.45) is 0. The highest BCUT2D eigenvalue weighted by atomic mass is 35.5. The minimum absolute atomic E-state index is 0.193. The van der Waals surface area contributed by atoms with Gasteiger partial charge in [-0.25, -0.2) is 8.42 Å². The standard InChI is InChI=1S/C16H11Cl2NO2S/c17-11-3-1-10(2-4-11)15-14(9-19)16(15)22(20,21)13-7-5-12(18)6-8-13/h1-8,14-16H/t14-,15+,16+/m0/s1. The minimum Gasteiger partial charge on any atom is -0.223 e. The molecule has 0 aromatic heterocycles. The van der Waals surface area contributed by atoms with Crippen molar-refractivity contribution >= 4 is 33.0 Å². The SMILES string of the molecule is N#C[C@H]1[C@@H](c2ccc(Cl)cc2)[C@@H]1S(=O)(=O)c1ccc(Cl)cc1. The van der Waals surface area contributed by atoms with Crippen LogP contribution in [0, 0.1) is 17.2 Å². The van der Waals surface area contributed by atoms with Crippen LogP contribution in [0.3, 0.4) is 0 Å². The van der Waals surface area contributed by atoms with Gasteiger partial charge in [0, 0.05) is 16.0 Å². The van der Waals surface area contributed by atoms with Gasteiger partial charge in [-0.3, -0.25) is 0 Å². The van der Waals surface area contributed by atoms with Crippen molar-refractivity contribution < 1.29 is 8.42 Å². The molecule has 2 aromatic carbocycles. The lowest BCUT2D eigenvalue weighted by Gasteiger charge is -2.04. The van der Waals surface area contributed by atoms with Gasteiger partial charge in [0.2, 0.25) is 0 Å². The Balaban J connectivity index is 1.95. The molecule has 22 heavy (non-hydrogen) atoms. The number of hydrogen-bond acceptors (Lipinski definition) is 3. The van der Waals surface area contributed by atoms with E-state index < -0.39 is 21.0 Å². The Morgan fingerprint density at radius 1 is 0.909 bits per heavy atom. The van der Waals surface area contributed by atoms with E-state index >= 15 is 0 Å². The molecule has 0 bridgehead atoms. The summed E-state index contributed by atoms with van der Waals surface area (Å²) in [6, 6.07) is 15.1. The molecular weight excluding hydrogens is 341 g/mol. The van der Waals surface area contributed by atoms with Gasteiger partial charge in [0.15, 0.2) is 9.84 Å². The van der Waals surface area contributed by atoms with Crippen molar-refractivity contribution in [2.24, 2.45) is 5.92 Å². The summed E-state index contributed by atoms with van der Waals surface area (Å²) in [4.78, 5) is 0.193. The quantitative estimate of drug-likeness (QED) is 0.837. The van der Waals surface area contributed by atoms with Crippen molar-refractivity contribution in [3.8, 4) is 6.07 Å². The van der Waals surface area contributed by atoms with Crippen LogP contribution in [0.25, 0.3) is 0 Å². The normalized spacial score (nSPS) is 23.8. The number of hydrogen-bond donors (Lipinski definition) is 0. The molecule has 0 heterocycles. The van der Waals surface area contributed by atoms with E-state index in [0.717, 1.165) is 5.56 Å². The van der Waals surface area contributed by atoms with Crippen molar-refractivity contribution in [2.45, 2.75) is 16.1 Å². The monoisotopic (exact) mass is 351 g/mol. The van der Waals surface area contributed by atoms with Crippen LogP contribution in [-0.4, -0.2) is 13.7 Å². The topological polar surface area (TPSA) is 57.9 Å². The maximum atomic E-state index is 12.7. The lowest BCUT2D eigenvalue weighted by Crippen LogP contribution is -2.10. The number of rotatable bonds is 3. The predicted octanol–water partition coefficient (Wildman–Crippen LogP) is 4.07. The van der Waals surface area contributed by atoms with Gasteiger partial charge in [-0.1, -0.05) is 35.3 Å². The van der Waals surface area contributed by atoms with E-state index in [1.807, 2.05) is 0 Å². The first-order valence-electron chi connectivity index (χ1n) is 6.59. The fourth-order valence-corrected chi connectivity index (χ4v) is 5.01. The van der Waals surface area contributed by atoms with E-state index in [9.17, 15) is 13.7 Å². The number of sulfone groups is 1. The molecule has 3 nitrogen and oxygen atoms in total. The minimum atomic E-state index is -3.57. The maximum absolute atomic E-state index is 12.7. The third-order valence-corrected chi connectivity index (χ3v) is 6.59. The van der Waals surface area contributed by atoms with Crippen LogP contribution in [0.4, 0.5) is 0 Å². The second-order valence-electron chi connectivity index (χ2n) is 5.20. The highest BCUT2D eigenvalue weighted by Crippen LogP contribution is 2.53. The molecule has 3 atom stereocenters. The third kappa shape index (κ3) is 2.61. The van der Waals surface area contributed by atoms with E-state index in [1.165, 1.54) is 24.3 Å². The Kier molecular flexibility index (Phi) is 3.90. The largest absolute Gasteiger partial charge is 0.223 e. The molecule has 0 unspecified atom stereocenters. The number of benzene rings is 2. The van der Waals surface area contributed by atoms with Gasteiger partial charge in [-0.15, -0.1) is 0 Å². The molecule has 0 radical (unpaired) electrons. The molecule has 0 saturated heterocycles. The maximum Gasteiger partial charge on any atom is 0.183 e. The first kappa shape index (κ1) is 15.4. The fourth-order valence-electron chi connectivity index (χ4n) is 2.69. The van der Waals surface area contributed by atoms with E-state index in [2.05, 4.69) is 6.07 Å². The van der Waals surface area contributed by atoms with E-state index in [4.69, 9.17) is 23.2 Å². The molecular formula is C16H11Cl2NO2S. The van der Waals surface area contributed by atoms with E-state index in [0.29, 0.717) is 10.0 Å². The fraction of sp³-hybridized carbons (Fsp3) is 0.188. The lowest BCUT2D eigenvalue weighted by atomic mass is 10.1. The zero-order valence-electron chi connectivity index (χ0n) is 11.3. The summed E-state index contributed by atoms with van der Waals surface area (Å²) in [5.41, 5.74) is 0.818. The number of nitrogens with zero attached hydrogens (tertiary/aromatic N) is 1. The highest BCUT2D eigenvalue weighted by Gasteiger charge is 2.59. The molecule has 0 amide bonds. The molecule has 6 heteroatoms. The molecule has 1 aliphatic carbocycles. The van der Waals surface area contributed by atoms with Crippen LogP contribution in [0.2, 0.25) is 10.0 Å². The lowest BCUT2D eigenvalue weighted by molar-refractivity contribution is 0.593. The highest BCUT2D eigenvalue weighted by molar-refractivity contribution is 7.92. The van der Waals surface area contributed by atoms with Crippen molar-refractivity contribution in [1.82, 2.24) is 0 Å². The summed E-state index contributed by atoms with van der Waals surface area (Å²) < 4.78 is 25.4. The zero-order valence-corrected chi connectivity index (χ0v) is 13.6. The molecule has 0 spiro atoms. The summed E-state index contributed by atoms with van der Waals surface area (Å²) in [6.45, 7) is 0. The van der Waals surface area contributed by atoms with Crippen molar-refractivity contribution in [3.05, 3.63) is 64.1 Å². The average Bonchev–Trinajstić information content (AvgIpc) is 3.24. The number of halogens is 2. The smallest absolute Gasteiger partial charge is 0.183 e. The van der Waals surface area contributed by atoms with Gasteiger partial charge in [-0.05, 0) is 42.0 Å².